The average molecular weight is 390 g/mol. The van der Waals surface area contributed by atoms with Gasteiger partial charge in [-0.15, -0.1) is 0 Å². The van der Waals surface area contributed by atoms with E-state index in [1.807, 2.05) is 24.3 Å². The van der Waals surface area contributed by atoms with E-state index in [-0.39, 0.29) is 23.5 Å². The molecule has 0 aliphatic carbocycles. The Kier molecular flexibility index (Phi) is 7.25. The second-order valence-corrected chi connectivity index (χ2v) is 6.76. The summed E-state index contributed by atoms with van der Waals surface area (Å²) in [6.07, 6.45) is -0.717. The fourth-order valence-corrected chi connectivity index (χ4v) is 2.73. The molecule has 0 saturated carbocycles. The number of hydrogen-bond donors (Lipinski definition) is 1. The van der Waals surface area contributed by atoms with Crippen molar-refractivity contribution in [2.45, 2.75) is 39.7 Å². The zero-order valence-electron chi connectivity index (χ0n) is 15.9. The Morgan fingerprint density at radius 1 is 1.11 bits per heavy atom. The van der Waals surface area contributed by atoms with Gasteiger partial charge in [0.15, 0.2) is 6.10 Å². The third-order valence-corrected chi connectivity index (χ3v) is 4.26. The van der Waals surface area contributed by atoms with Gasteiger partial charge in [0.2, 0.25) is 0 Å². The van der Waals surface area contributed by atoms with Gasteiger partial charge in [-0.25, -0.2) is 4.79 Å². The quantitative estimate of drug-likeness (QED) is 0.673. The van der Waals surface area contributed by atoms with Crippen LogP contribution in [0.4, 0.5) is 5.69 Å². The first-order valence-corrected chi connectivity index (χ1v) is 9.24. The van der Waals surface area contributed by atoms with Crippen LogP contribution in [0.5, 0.6) is 5.75 Å². The number of carbonyl (C=O) groups is 2. The molecule has 1 atom stereocenters. The summed E-state index contributed by atoms with van der Waals surface area (Å²) >= 11 is 6.19. The number of hydrogen-bond acceptors (Lipinski definition) is 4. The van der Waals surface area contributed by atoms with E-state index in [0.717, 1.165) is 5.56 Å². The largest absolute Gasteiger partial charge is 0.481 e. The Hall–Kier alpha value is -2.53. The van der Waals surface area contributed by atoms with Crippen molar-refractivity contribution in [1.82, 2.24) is 0 Å². The summed E-state index contributed by atoms with van der Waals surface area (Å²) in [7, 11) is 0. The standard InChI is InChI=1S/C21H24ClNO4/c1-5-26-21(25)15-10-11-18(17(22)12-15)23-20(24)14(4)27-19-9-7-6-8-16(19)13(2)3/h6-14H,5H2,1-4H3,(H,23,24). The van der Waals surface area contributed by atoms with Gasteiger partial charge < -0.3 is 14.8 Å². The van der Waals surface area contributed by atoms with Gasteiger partial charge in [0, 0.05) is 0 Å². The van der Waals surface area contributed by atoms with Crippen molar-refractivity contribution in [2.75, 3.05) is 11.9 Å². The third-order valence-electron chi connectivity index (χ3n) is 3.95. The highest BCUT2D eigenvalue weighted by Gasteiger charge is 2.19. The van der Waals surface area contributed by atoms with Crippen molar-refractivity contribution in [3.05, 3.63) is 58.6 Å². The first-order valence-electron chi connectivity index (χ1n) is 8.86. The van der Waals surface area contributed by atoms with Crippen molar-refractivity contribution in [3.63, 3.8) is 0 Å². The van der Waals surface area contributed by atoms with Gasteiger partial charge in [-0.05, 0) is 49.6 Å². The molecule has 0 heterocycles. The number of ether oxygens (including phenoxy) is 2. The number of halogens is 1. The molecule has 0 aliphatic heterocycles. The molecule has 0 aliphatic rings. The molecular weight excluding hydrogens is 366 g/mol. The summed E-state index contributed by atoms with van der Waals surface area (Å²) in [5.41, 5.74) is 1.77. The molecule has 2 aromatic carbocycles. The molecule has 0 fully saturated rings. The molecular formula is C21H24ClNO4. The zero-order valence-corrected chi connectivity index (χ0v) is 16.7. The number of amides is 1. The second-order valence-electron chi connectivity index (χ2n) is 6.36. The van der Waals surface area contributed by atoms with E-state index in [9.17, 15) is 9.59 Å². The highest BCUT2D eigenvalue weighted by molar-refractivity contribution is 6.34. The van der Waals surface area contributed by atoms with E-state index in [1.165, 1.54) is 6.07 Å². The molecule has 6 heteroatoms. The first kappa shape index (κ1) is 20.8. The van der Waals surface area contributed by atoms with E-state index < -0.39 is 12.1 Å². The van der Waals surface area contributed by atoms with E-state index in [2.05, 4.69) is 19.2 Å². The van der Waals surface area contributed by atoms with E-state index >= 15 is 0 Å². The number of rotatable bonds is 7. The fourth-order valence-electron chi connectivity index (χ4n) is 2.50. The van der Waals surface area contributed by atoms with Crippen molar-refractivity contribution in [3.8, 4) is 5.75 Å². The van der Waals surface area contributed by atoms with Gasteiger partial charge >= 0.3 is 5.97 Å². The lowest BCUT2D eigenvalue weighted by atomic mass is 10.0. The van der Waals surface area contributed by atoms with E-state index in [4.69, 9.17) is 21.1 Å². The molecule has 0 saturated heterocycles. The Bertz CT molecular complexity index is 820. The normalized spacial score (nSPS) is 11.8. The predicted octanol–water partition coefficient (Wildman–Crippen LogP) is 5.05. The summed E-state index contributed by atoms with van der Waals surface area (Å²) in [6, 6.07) is 12.2. The number of anilines is 1. The van der Waals surface area contributed by atoms with Gasteiger partial charge in [-0.1, -0.05) is 43.6 Å². The lowest BCUT2D eigenvalue weighted by Gasteiger charge is -2.19. The lowest BCUT2D eigenvalue weighted by molar-refractivity contribution is -0.122. The van der Waals surface area contributed by atoms with Crippen molar-refractivity contribution in [1.29, 1.82) is 0 Å². The maximum Gasteiger partial charge on any atom is 0.338 e. The van der Waals surface area contributed by atoms with Crippen LogP contribution in [0.15, 0.2) is 42.5 Å². The first-order chi connectivity index (χ1) is 12.8. The molecule has 1 N–H and O–H groups in total. The molecule has 2 aromatic rings. The van der Waals surface area contributed by atoms with Crippen molar-refractivity contribution < 1.29 is 19.1 Å². The van der Waals surface area contributed by atoms with Crippen LogP contribution >= 0.6 is 11.6 Å². The topological polar surface area (TPSA) is 64.6 Å². The van der Waals surface area contributed by atoms with Gasteiger partial charge in [0.05, 0.1) is 22.9 Å². The molecule has 1 unspecified atom stereocenters. The SMILES string of the molecule is CCOC(=O)c1ccc(NC(=O)C(C)Oc2ccccc2C(C)C)c(Cl)c1. The average Bonchev–Trinajstić information content (AvgIpc) is 2.63. The number of carbonyl (C=O) groups excluding carboxylic acids is 2. The van der Waals surface area contributed by atoms with Crippen LogP contribution in [-0.4, -0.2) is 24.6 Å². The van der Waals surface area contributed by atoms with Crippen LogP contribution in [0.3, 0.4) is 0 Å². The molecule has 144 valence electrons. The third kappa shape index (κ3) is 5.47. The molecule has 0 spiro atoms. The summed E-state index contributed by atoms with van der Waals surface area (Å²) in [5.74, 6) is 0.166. The molecule has 27 heavy (non-hydrogen) atoms. The van der Waals surface area contributed by atoms with Crippen LogP contribution in [0.25, 0.3) is 0 Å². The minimum Gasteiger partial charge on any atom is -0.481 e. The maximum atomic E-state index is 12.5. The smallest absolute Gasteiger partial charge is 0.338 e. The van der Waals surface area contributed by atoms with Gasteiger partial charge in [-0.3, -0.25) is 4.79 Å². The lowest BCUT2D eigenvalue weighted by Crippen LogP contribution is -2.30. The minimum atomic E-state index is -0.717. The number of nitrogens with one attached hydrogen (secondary N) is 1. The maximum absolute atomic E-state index is 12.5. The second kappa shape index (κ2) is 9.42. The Morgan fingerprint density at radius 2 is 1.81 bits per heavy atom. The Balaban J connectivity index is 2.07. The summed E-state index contributed by atoms with van der Waals surface area (Å²) in [6.45, 7) is 7.82. The summed E-state index contributed by atoms with van der Waals surface area (Å²) in [4.78, 5) is 24.2. The van der Waals surface area contributed by atoms with Crippen LogP contribution in [0.2, 0.25) is 5.02 Å². The Morgan fingerprint density at radius 3 is 2.44 bits per heavy atom. The van der Waals surface area contributed by atoms with Crippen LogP contribution in [-0.2, 0) is 9.53 Å². The minimum absolute atomic E-state index is 0.253. The molecule has 0 radical (unpaired) electrons. The van der Waals surface area contributed by atoms with Crippen molar-refractivity contribution >= 4 is 29.2 Å². The number of esters is 1. The summed E-state index contributed by atoms with van der Waals surface area (Å²) < 4.78 is 10.8. The summed E-state index contributed by atoms with van der Waals surface area (Å²) in [5, 5.41) is 2.98. The highest BCUT2D eigenvalue weighted by atomic mass is 35.5. The fraction of sp³-hybridized carbons (Fsp3) is 0.333. The van der Waals surface area contributed by atoms with Crippen LogP contribution in [0, 0.1) is 0 Å². The molecule has 5 nitrogen and oxygen atoms in total. The number of benzene rings is 2. The van der Waals surface area contributed by atoms with Crippen molar-refractivity contribution in [2.24, 2.45) is 0 Å². The molecule has 2 rings (SSSR count). The highest BCUT2D eigenvalue weighted by Crippen LogP contribution is 2.27. The zero-order chi connectivity index (χ0) is 20.0. The molecule has 0 aromatic heterocycles. The van der Waals surface area contributed by atoms with E-state index in [0.29, 0.717) is 17.0 Å². The predicted molar refractivity (Wildman–Crippen MR) is 107 cm³/mol. The Labute approximate surface area is 164 Å². The molecule has 1 amide bonds. The van der Waals surface area contributed by atoms with Gasteiger partial charge in [0.25, 0.3) is 5.91 Å². The van der Waals surface area contributed by atoms with Crippen LogP contribution < -0.4 is 10.1 Å². The monoisotopic (exact) mass is 389 g/mol. The number of para-hydroxylation sites is 1. The van der Waals surface area contributed by atoms with Crippen LogP contribution in [0.1, 0.15) is 49.5 Å². The molecule has 0 bridgehead atoms. The van der Waals surface area contributed by atoms with Gasteiger partial charge in [-0.2, -0.15) is 0 Å². The van der Waals surface area contributed by atoms with Gasteiger partial charge in [0.1, 0.15) is 5.75 Å². The van der Waals surface area contributed by atoms with E-state index in [1.54, 1.807) is 26.0 Å².